The molecule has 0 aliphatic heterocycles. The summed E-state index contributed by atoms with van der Waals surface area (Å²) in [5.41, 5.74) is 0. The molecule has 0 saturated heterocycles. The number of hydrogen-bond acceptors (Lipinski definition) is 3. The lowest BCUT2D eigenvalue weighted by Crippen LogP contribution is -2.17. The van der Waals surface area contributed by atoms with Crippen molar-refractivity contribution in [3.05, 3.63) is 18.2 Å². The van der Waals surface area contributed by atoms with E-state index in [0.717, 1.165) is 10.7 Å². The molecule has 1 heterocycles. The molecule has 0 bridgehead atoms. The maximum Gasteiger partial charge on any atom is 0.232 e. The van der Waals surface area contributed by atoms with E-state index in [1.165, 1.54) is 6.20 Å². The highest BCUT2D eigenvalue weighted by molar-refractivity contribution is 5.55. The molecule has 0 unspecified atom stereocenters. The molecule has 0 spiro atoms. The standard InChI is InChI=1S/C6H7FN2O2/c7-6-1-2-9(8-6)3-5(11)4-10/h1-2,4-5,11H,3H2/t5-/m0/s1. The molecule has 0 aliphatic rings. The Hall–Kier alpha value is -1.23. The van der Waals surface area contributed by atoms with Crippen molar-refractivity contribution in [3.63, 3.8) is 0 Å². The van der Waals surface area contributed by atoms with Crippen molar-refractivity contribution in [2.45, 2.75) is 12.6 Å². The Kier molecular flexibility index (Phi) is 2.32. The van der Waals surface area contributed by atoms with Crippen LogP contribution in [0.5, 0.6) is 0 Å². The van der Waals surface area contributed by atoms with Gasteiger partial charge < -0.3 is 9.90 Å². The van der Waals surface area contributed by atoms with Gasteiger partial charge in [0.25, 0.3) is 0 Å². The number of carbonyl (C=O) groups excluding carboxylic acids is 1. The number of hydrogen-bond donors (Lipinski definition) is 1. The van der Waals surface area contributed by atoms with E-state index in [0.29, 0.717) is 6.29 Å². The lowest BCUT2D eigenvalue weighted by atomic mass is 10.4. The van der Waals surface area contributed by atoms with Gasteiger partial charge in [0.05, 0.1) is 6.54 Å². The van der Waals surface area contributed by atoms with Crippen molar-refractivity contribution >= 4 is 6.29 Å². The average molecular weight is 158 g/mol. The minimum absolute atomic E-state index is 0.00653. The molecule has 1 rings (SSSR count). The summed E-state index contributed by atoms with van der Waals surface area (Å²) in [7, 11) is 0. The second-order valence-electron chi connectivity index (χ2n) is 2.06. The highest BCUT2D eigenvalue weighted by atomic mass is 19.1. The Morgan fingerprint density at radius 1 is 1.91 bits per heavy atom. The topological polar surface area (TPSA) is 55.1 Å². The summed E-state index contributed by atoms with van der Waals surface area (Å²) in [5, 5.41) is 12.1. The fraction of sp³-hybridized carbons (Fsp3) is 0.333. The van der Waals surface area contributed by atoms with Crippen molar-refractivity contribution in [1.29, 1.82) is 0 Å². The maximum absolute atomic E-state index is 12.2. The first-order valence-corrected chi connectivity index (χ1v) is 3.04. The van der Waals surface area contributed by atoms with Crippen molar-refractivity contribution in [2.75, 3.05) is 0 Å². The van der Waals surface area contributed by atoms with Crippen LogP contribution in [0.15, 0.2) is 12.3 Å². The molecule has 1 aromatic heterocycles. The van der Waals surface area contributed by atoms with E-state index >= 15 is 0 Å². The molecular weight excluding hydrogens is 151 g/mol. The lowest BCUT2D eigenvalue weighted by molar-refractivity contribution is -0.115. The van der Waals surface area contributed by atoms with E-state index < -0.39 is 12.1 Å². The molecule has 0 amide bonds. The quantitative estimate of drug-likeness (QED) is 0.608. The first-order chi connectivity index (χ1) is 5.22. The van der Waals surface area contributed by atoms with E-state index in [1.54, 1.807) is 0 Å². The Balaban J connectivity index is 2.57. The number of aromatic nitrogens is 2. The number of nitrogens with zero attached hydrogens (tertiary/aromatic N) is 2. The van der Waals surface area contributed by atoms with Crippen LogP contribution in [0.25, 0.3) is 0 Å². The fourth-order valence-corrected chi connectivity index (χ4v) is 0.673. The molecule has 1 N–H and O–H groups in total. The van der Waals surface area contributed by atoms with E-state index in [1.807, 2.05) is 0 Å². The van der Waals surface area contributed by atoms with Gasteiger partial charge in [-0.15, -0.1) is 5.10 Å². The Morgan fingerprint density at radius 3 is 3.09 bits per heavy atom. The summed E-state index contributed by atoms with van der Waals surface area (Å²) < 4.78 is 13.3. The maximum atomic E-state index is 12.2. The fourth-order valence-electron chi connectivity index (χ4n) is 0.673. The third-order valence-corrected chi connectivity index (χ3v) is 1.14. The highest BCUT2D eigenvalue weighted by Gasteiger charge is 2.03. The molecule has 0 aliphatic carbocycles. The van der Waals surface area contributed by atoms with Gasteiger partial charge >= 0.3 is 0 Å². The number of aliphatic hydroxyl groups is 1. The van der Waals surface area contributed by atoms with Crippen LogP contribution in [-0.4, -0.2) is 27.3 Å². The van der Waals surface area contributed by atoms with Crippen molar-refractivity contribution in [2.24, 2.45) is 0 Å². The number of carbonyl (C=O) groups is 1. The molecule has 4 nitrogen and oxygen atoms in total. The van der Waals surface area contributed by atoms with Gasteiger partial charge in [0, 0.05) is 12.3 Å². The van der Waals surface area contributed by atoms with Crippen molar-refractivity contribution in [3.8, 4) is 0 Å². The summed E-state index contributed by atoms with van der Waals surface area (Å²) in [6.45, 7) is -0.00653. The van der Waals surface area contributed by atoms with Crippen LogP contribution in [-0.2, 0) is 11.3 Å². The summed E-state index contributed by atoms with van der Waals surface area (Å²) in [4.78, 5) is 9.93. The number of halogens is 1. The first-order valence-electron chi connectivity index (χ1n) is 3.04. The molecule has 1 aromatic rings. The number of aldehydes is 1. The van der Waals surface area contributed by atoms with Gasteiger partial charge in [0.15, 0.2) is 0 Å². The molecule has 60 valence electrons. The molecule has 0 fully saturated rings. The monoisotopic (exact) mass is 158 g/mol. The van der Waals surface area contributed by atoms with Crippen LogP contribution in [0.1, 0.15) is 0 Å². The number of aliphatic hydroxyl groups excluding tert-OH is 1. The third kappa shape index (κ3) is 2.12. The summed E-state index contributed by atoms with van der Waals surface area (Å²) >= 11 is 0. The summed E-state index contributed by atoms with van der Waals surface area (Å²) in [6.07, 6.45) is 0.607. The molecule has 0 saturated carbocycles. The van der Waals surface area contributed by atoms with E-state index in [4.69, 9.17) is 5.11 Å². The summed E-state index contributed by atoms with van der Waals surface area (Å²) in [6, 6.07) is 1.15. The van der Waals surface area contributed by atoms with Crippen LogP contribution in [0.2, 0.25) is 0 Å². The van der Waals surface area contributed by atoms with Crippen molar-refractivity contribution in [1.82, 2.24) is 9.78 Å². The normalized spacial score (nSPS) is 12.9. The van der Waals surface area contributed by atoms with Gasteiger partial charge in [-0.2, -0.15) is 4.39 Å². The van der Waals surface area contributed by atoms with E-state index in [2.05, 4.69) is 5.10 Å². The van der Waals surface area contributed by atoms with Crippen LogP contribution in [0, 0.1) is 5.95 Å². The van der Waals surface area contributed by atoms with E-state index in [9.17, 15) is 9.18 Å². The largest absolute Gasteiger partial charge is 0.384 e. The predicted molar refractivity (Wildman–Crippen MR) is 34.3 cm³/mol. The van der Waals surface area contributed by atoms with Crippen LogP contribution >= 0.6 is 0 Å². The third-order valence-electron chi connectivity index (χ3n) is 1.14. The van der Waals surface area contributed by atoms with Gasteiger partial charge in [-0.25, -0.2) is 0 Å². The minimum atomic E-state index is -1.12. The highest BCUT2D eigenvalue weighted by Crippen LogP contribution is 1.93. The smallest absolute Gasteiger partial charge is 0.232 e. The lowest BCUT2D eigenvalue weighted by Gasteiger charge is -2.00. The van der Waals surface area contributed by atoms with Crippen LogP contribution < -0.4 is 0 Å². The second-order valence-corrected chi connectivity index (χ2v) is 2.06. The average Bonchev–Trinajstić information content (AvgIpc) is 2.35. The first kappa shape index (κ1) is 7.87. The van der Waals surface area contributed by atoms with E-state index in [-0.39, 0.29) is 6.54 Å². The van der Waals surface area contributed by atoms with Gasteiger partial charge in [0.2, 0.25) is 5.95 Å². The van der Waals surface area contributed by atoms with Gasteiger partial charge in [-0.1, -0.05) is 0 Å². The number of rotatable bonds is 3. The Labute approximate surface area is 62.3 Å². The zero-order valence-corrected chi connectivity index (χ0v) is 5.64. The Bertz CT molecular complexity index is 248. The zero-order valence-electron chi connectivity index (χ0n) is 5.64. The Morgan fingerprint density at radius 2 is 2.64 bits per heavy atom. The molecule has 11 heavy (non-hydrogen) atoms. The van der Waals surface area contributed by atoms with Gasteiger partial charge in [-0.05, 0) is 0 Å². The zero-order chi connectivity index (χ0) is 8.27. The van der Waals surface area contributed by atoms with Gasteiger partial charge in [0.1, 0.15) is 12.4 Å². The minimum Gasteiger partial charge on any atom is -0.384 e. The second kappa shape index (κ2) is 3.25. The van der Waals surface area contributed by atoms with Crippen LogP contribution in [0.4, 0.5) is 4.39 Å². The molecule has 0 aromatic carbocycles. The molecule has 1 atom stereocenters. The van der Waals surface area contributed by atoms with Crippen LogP contribution in [0.3, 0.4) is 0 Å². The predicted octanol–water partition coefficient (Wildman–Crippen LogP) is -0.418. The molecule has 5 heteroatoms. The SMILES string of the molecule is O=C[C@@H](O)Cn1ccc(F)n1. The molecule has 0 radical (unpaired) electrons. The van der Waals surface area contributed by atoms with Crippen molar-refractivity contribution < 1.29 is 14.3 Å². The molecular formula is C6H7FN2O2. The van der Waals surface area contributed by atoms with Gasteiger partial charge in [-0.3, -0.25) is 4.68 Å². The summed E-state index contributed by atoms with van der Waals surface area (Å²) in [5.74, 6) is -0.622.